The van der Waals surface area contributed by atoms with Gasteiger partial charge in [-0.15, -0.1) is 0 Å². The summed E-state index contributed by atoms with van der Waals surface area (Å²) in [6.07, 6.45) is 0. The summed E-state index contributed by atoms with van der Waals surface area (Å²) in [5, 5.41) is 22.6. The summed E-state index contributed by atoms with van der Waals surface area (Å²) in [6.45, 7) is 0. The molecule has 0 spiro atoms. The molecule has 108 valence electrons. The van der Waals surface area contributed by atoms with Gasteiger partial charge in [-0.3, -0.25) is 10.1 Å². The maximum Gasteiger partial charge on any atom is 0.335 e. The Labute approximate surface area is 122 Å². The Bertz CT molecular complexity index is 736. The van der Waals surface area contributed by atoms with Crippen LogP contribution in [-0.4, -0.2) is 16.0 Å². The van der Waals surface area contributed by atoms with Crippen molar-refractivity contribution in [3.05, 3.63) is 62.9 Å². The van der Waals surface area contributed by atoms with Gasteiger partial charge < -0.3 is 10.4 Å². The van der Waals surface area contributed by atoms with Crippen molar-refractivity contribution in [1.29, 1.82) is 0 Å². The molecule has 2 aromatic rings. The number of hydrogen-bond acceptors (Lipinski definition) is 4. The molecule has 21 heavy (non-hydrogen) atoms. The molecule has 0 aromatic heterocycles. The zero-order chi connectivity index (χ0) is 15.6. The van der Waals surface area contributed by atoms with E-state index in [1.807, 2.05) is 0 Å². The van der Waals surface area contributed by atoms with E-state index in [2.05, 4.69) is 5.32 Å². The molecule has 0 aliphatic heterocycles. The van der Waals surface area contributed by atoms with Gasteiger partial charge in [0.15, 0.2) is 0 Å². The molecular formula is C13H8ClFN2O4. The fourth-order valence-electron chi connectivity index (χ4n) is 1.67. The second-order valence-corrected chi connectivity index (χ2v) is 4.45. The number of aromatic carboxylic acids is 1. The van der Waals surface area contributed by atoms with Crippen LogP contribution in [0.25, 0.3) is 0 Å². The first kappa shape index (κ1) is 14.7. The molecule has 0 unspecified atom stereocenters. The van der Waals surface area contributed by atoms with E-state index in [1.165, 1.54) is 6.07 Å². The van der Waals surface area contributed by atoms with Crippen molar-refractivity contribution in [2.45, 2.75) is 0 Å². The summed E-state index contributed by atoms with van der Waals surface area (Å²) in [5.74, 6) is -1.82. The number of nitro groups is 1. The zero-order valence-corrected chi connectivity index (χ0v) is 11.1. The minimum Gasteiger partial charge on any atom is -0.478 e. The molecule has 8 heteroatoms. The summed E-state index contributed by atoms with van der Waals surface area (Å²) in [4.78, 5) is 21.2. The van der Waals surface area contributed by atoms with Crippen LogP contribution in [-0.2, 0) is 0 Å². The van der Waals surface area contributed by atoms with Gasteiger partial charge in [-0.25, -0.2) is 9.18 Å². The molecule has 0 bridgehead atoms. The molecule has 6 nitrogen and oxygen atoms in total. The molecule has 0 atom stereocenters. The number of hydrogen-bond donors (Lipinski definition) is 2. The summed E-state index contributed by atoms with van der Waals surface area (Å²) in [5.41, 5.74) is -0.481. The summed E-state index contributed by atoms with van der Waals surface area (Å²) < 4.78 is 13.2. The smallest absolute Gasteiger partial charge is 0.335 e. The molecule has 0 aliphatic rings. The standard InChI is InChI=1S/C13H8ClFN2O4/c14-9-3-2-8(15)6-10(9)16-11-5-7(13(18)19)1-4-12(11)17(20)21/h1-6,16H,(H,18,19). The van der Waals surface area contributed by atoms with E-state index in [0.29, 0.717) is 0 Å². The number of benzene rings is 2. The Balaban J connectivity index is 2.50. The van der Waals surface area contributed by atoms with Crippen LogP contribution < -0.4 is 5.32 Å². The Morgan fingerprint density at radius 1 is 1.24 bits per heavy atom. The number of nitro benzene ring substituents is 1. The molecule has 0 aliphatic carbocycles. The normalized spacial score (nSPS) is 10.2. The Morgan fingerprint density at radius 2 is 1.95 bits per heavy atom. The van der Waals surface area contributed by atoms with Crippen molar-refractivity contribution in [2.24, 2.45) is 0 Å². The first-order valence-corrected chi connectivity index (χ1v) is 6.00. The Kier molecular flexibility index (Phi) is 4.04. The van der Waals surface area contributed by atoms with Crippen LogP contribution in [0.4, 0.5) is 21.5 Å². The average molecular weight is 311 g/mol. The fraction of sp³-hybridized carbons (Fsp3) is 0. The van der Waals surface area contributed by atoms with Crippen LogP contribution in [0, 0.1) is 15.9 Å². The van der Waals surface area contributed by atoms with Crippen molar-refractivity contribution in [3.63, 3.8) is 0 Å². The van der Waals surface area contributed by atoms with E-state index < -0.39 is 16.7 Å². The SMILES string of the molecule is O=C(O)c1ccc([N+](=O)[O-])c(Nc2cc(F)ccc2Cl)c1. The van der Waals surface area contributed by atoms with Crippen molar-refractivity contribution in [1.82, 2.24) is 0 Å². The van der Waals surface area contributed by atoms with Gasteiger partial charge in [0.2, 0.25) is 0 Å². The van der Waals surface area contributed by atoms with Crippen LogP contribution in [0.2, 0.25) is 5.02 Å². The highest BCUT2D eigenvalue weighted by atomic mass is 35.5. The van der Waals surface area contributed by atoms with Gasteiger partial charge in [0.05, 0.1) is 21.2 Å². The van der Waals surface area contributed by atoms with Crippen LogP contribution in [0.1, 0.15) is 10.4 Å². The second-order valence-electron chi connectivity index (χ2n) is 4.04. The molecule has 2 aromatic carbocycles. The fourth-order valence-corrected chi connectivity index (χ4v) is 1.83. The van der Waals surface area contributed by atoms with Crippen LogP contribution >= 0.6 is 11.6 Å². The molecule has 0 saturated carbocycles. The van der Waals surface area contributed by atoms with Crippen LogP contribution in [0.3, 0.4) is 0 Å². The quantitative estimate of drug-likeness (QED) is 0.661. The number of rotatable bonds is 4. The number of nitrogens with one attached hydrogen (secondary N) is 1. The van der Waals surface area contributed by atoms with Crippen molar-refractivity contribution < 1.29 is 19.2 Å². The summed E-state index contributed by atoms with van der Waals surface area (Å²) in [7, 11) is 0. The lowest BCUT2D eigenvalue weighted by atomic mass is 10.1. The van der Waals surface area contributed by atoms with Crippen molar-refractivity contribution >= 4 is 34.6 Å². The largest absolute Gasteiger partial charge is 0.478 e. The van der Waals surface area contributed by atoms with Gasteiger partial charge in [-0.1, -0.05) is 11.6 Å². The molecule has 0 saturated heterocycles. The minimum absolute atomic E-state index is 0.0904. The molecular weight excluding hydrogens is 303 g/mol. The van der Waals surface area contributed by atoms with E-state index in [-0.39, 0.29) is 27.6 Å². The first-order chi connectivity index (χ1) is 9.88. The average Bonchev–Trinajstić information content (AvgIpc) is 2.42. The number of carbonyl (C=O) groups is 1. The van der Waals surface area contributed by atoms with E-state index >= 15 is 0 Å². The number of anilines is 2. The molecule has 0 fully saturated rings. The minimum atomic E-state index is -1.24. The summed E-state index contributed by atoms with van der Waals surface area (Å²) >= 11 is 5.87. The van der Waals surface area contributed by atoms with Crippen LogP contribution in [0.5, 0.6) is 0 Å². The third-order valence-corrected chi connectivity index (χ3v) is 2.97. The molecule has 0 amide bonds. The lowest BCUT2D eigenvalue weighted by Gasteiger charge is -2.09. The molecule has 0 heterocycles. The number of carboxylic acids is 1. The highest BCUT2D eigenvalue weighted by Crippen LogP contribution is 2.32. The van der Waals surface area contributed by atoms with E-state index in [0.717, 1.165) is 30.3 Å². The number of carboxylic acid groups (broad SMARTS) is 1. The van der Waals surface area contributed by atoms with Gasteiger partial charge in [-0.2, -0.15) is 0 Å². The predicted octanol–water partition coefficient (Wildman–Crippen LogP) is 3.83. The van der Waals surface area contributed by atoms with E-state index in [1.54, 1.807) is 0 Å². The van der Waals surface area contributed by atoms with Gasteiger partial charge in [0, 0.05) is 6.07 Å². The lowest BCUT2D eigenvalue weighted by molar-refractivity contribution is -0.383. The van der Waals surface area contributed by atoms with Crippen LogP contribution in [0.15, 0.2) is 36.4 Å². The van der Waals surface area contributed by atoms with Crippen molar-refractivity contribution in [2.75, 3.05) is 5.32 Å². The number of halogens is 2. The predicted molar refractivity (Wildman–Crippen MR) is 74.7 cm³/mol. The first-order valence-electron chi connectivity index (χ1n) is 5.62. The maximum absolute atomic E-state index is 13.2. The van der Waals surface area contributed by atoms with Gasteiger partial charge >= 0.3 is 5.97 Å². The Hall–Kier alpha value is -2.67. The topological polar surface area (TPSA) is 92.5 Å². The lowest BCUT2D eigenvalue weighted by Crippen LogP contribution is -2.02. The van der Waals surface area contributed by atoms with E-state index in [4.69, 9.17) is 16.7 Å². The number of nitrogens with zero attached hydrogens (tertiary/aromatic N) is 1. The van der Waals surface area contributed by atoms with Crippen molar-refractivity contribution in [3.8, 4) is 0 Å². The van der Waals surface area contributed by atoms with Gasteiger partial charge in [0.1, 0.15) is 11.5 Å². The third kappa shape index (κ3) is 3.26. The maximum atomic E-state index is 13.2. The zero-order valence-electron chi connectivity index (χ0n) is 10.3. The highest BCUT2D eigenvalue weighted by molar-refractivity contribution is 6.33. The second kappa shape index (κ2) is 5.76. The molecule has 0 radical (unpaired) electrons. The molecule has 2 N–H and O–H groups in total. The Morgan fingerprint density at radius 3 is 2.57 bits per heavy atom. The van der Waals surface area contributed by atoms with Gasteiger partial charge in [0.25, 0.3) is 5.69 Å². The third-order valence-electron chi connectivity index (χ3n) is 2.64. The monoisotopic (exact) mass is 310 g/mol. The molecule has 2 rings (SSSR count). The summed E-state index contributed by atoms with van der Waals surface area (Å²) in [6, 6.07) is 6.72. The van der Waals surface area contributed by atoms with E-state index in [9.17, 15) is 19.3 Å². The van der Waals surface area contributed by atoms with Gasteiger partial charge in [-0.05, 0) is 30.3 Å². The highest BCUT2D eigenvalue weighted by Gasteiger charge is 2.17.